The van der Waals surface area contributed by atoms with Gasteiger partial charge in [-0.2, -0.15) is 0 Å². The second kappa shape index (κ2) is 13.6. The second-order valence-electron chi connectivity index (χ2n) is 10.3. The van der Waals surface area contributed by atoms with Crippen LogP contribution in [0.5, 0.6) is 0 Å². The Bertz CT molecular complexity index is 1320. The van der Waals surface area contributed by atoms with E-state index in [-0.39, 0.29) is 35.8 Å². The van der Waals surface area contributed by atoms with E-state index in [1.54, 1.807) is 17.0 Å². The summed E-state index contributed by atoms with van der Waals surface area (Å²) >= 11 is 1.26. The standard InChI is InChI=1S/C31H36FN5O2S/c1-21-18-22(2)34-31(33-21)40-20-28(38)37(19-23-10-12-25(32)13-11-23)29(24-8-6-5-7-9-24)30(39)35-26-14-16-27(17-15-26)36(3)4/h5-6,10-18,24,29H,7-9,19-20H2,1-4H3,(H,35,39)/t24-,29-/m0/s1. The van der Waals surface area contributed by atoms with E-state index in [4.69, 9.17) is 0 Å². The van der Waals surface area contributed by atoms with Crippen LogP contribution < -0.4 is 10.2 Å². The number of allylic oxidation sites excluding steroid dienone is 2. The number of carbonyl (C=O) groups is 2. The lowest BCUT2D eigenvalue weighted by Gasteiger charge is -2.37. The topological polar surface area (TPSA) is 78.4 Å². The Morgan fingerprint density at radius 2 is 1.70 bits per heavy atom. The Morgan fingerprint density at radius 3 is 2.30 bits per heavy atom. The van der Waals surface area contributed by atoms with Gasteiger partial charge in [0.2, 0.25) is 11.8 Å². The highest BCUT2D eigenvalue weighted by atomic mass is 32.2. The van der Waals surface area contributed by atoms with E-state index >= 15 is 0 Å². The van der Waals surface area contributed by atoms with Crippen LogP contribution in [0.1, 0.15) is 36.2 Å². The molecular formula is C31H36FN5O2S. The number of rotatable bonds is 10. The molecule has 1 aliphatic carbocycles. The van der Waals surface area contributed by atoms with Gasteiger partial charge in [-0.05, 0) is 87.1 Å². The van der Waals surface area contributed by atoms with Crippen molar-refractivity contribution in [1.82, 2.24) is 14.9 Å². The molecule has 2 amide bonds. The van der Waals surface area contributed by atoms with Gasteiger partial charge < -0.3 is 15.1 Å². The minimum Gasteiger partial charge on any atom is -0.378 e. The van der Waals surface area contributed by atoms with Gasteiger partial charge in [0.15, 0.2) is 5.16 Å². The van der Waals surface area contributed by atoms with E-state index in [0.29, 0.717) is 17.3 Å². The summed E-state index contributed by atoms with van der Waals surface area (Å²) in [4.78, 5) is 40.4. The number of nitrogens with one attached hydrogen (secondary N) is 1. The summed E-state index contributed by atoms with van der Waals surface area (Å²) in [5, 5.41) is 3.58. The Hall–Kier alpha value is -3.72. The molecule has 0 saturated carbocycles. The monoisotopic (exact) mass is 561 g/mol. The summed E-state index contributed by atoms with van der Waals surface area (Å²) in [6, 6.07) is 14.9. The van der Waals surface area contributed by atoms with E-state index in [1.807, 2.05) is 63.2 Å². The molecule has 3 aromatic rings. The van der Waals surface area contributed by atoms with Crippen LogP contribution in [0.4, 0.5) is 15.8 Å². The molecule has 0 unspecified atom stereocenters. The summed E-state index contributed by atoms with van der Waals surface area (Å²) in [5.41, 5.74) is 4.10. The van der Waals surface area contributed by atoms with E-state index in [0.717, 1.165) is 35.5 Å². The zero-order valence-corrected chi connectivity index (χ0v) is 24.2. The Morgan fingerprint density at radius 1 is 1.02 bits per heavy atom. The van der Waals surface area contributed by atoms with Gasteiger partial charge in [0, 0.05) is 43.4 Å². The third kappa shape index (κ3) is 7.91. The molecule has 2 atom stereocenters. The number of aromatic nitrogens is 2. The van der Waals surface area contributed by atoms with E-state index < -0.39 is 6.04 Å². The smallest absolute Gasteiger partial charge is 0.247 e. The average Bonchev–Trinajstić information content (AvgIpc) is 2.93. The Labute approximate surface area is 239 Å². The molecule has 0 spiro atoms. The summed E-state index contributed by atoms with van der Waals surface area (Å²) < 4.78 is 13.7. The molecule has 0 saturated heterocycles. The fourth-order valence-electron chi connectivity index (χ4n) is 4.87. The molecule has 9 heteroatoms. The summed E-state index contributed by atoms with van der Waals surface area (Å²) in [7, 11) is 3.92. The predicted molar refractivity (Wildman–Crippen MR) is 159 cm³/mol. The van der Waals surface area contributed by atoms with E-state index in [1.165, 1.54) is 23.9 Å². The minimum absolute atomic E-state index is 0.0575. The number of halogens is 1. The van der Waals surface area contributed by atoms with Crippen LogP contribution in [-0.4, -0.2) is 52.6 Å². The number of carbonyl (C=O) groups excluding carboxylic acids is 2. The van der Waals surface area contributed by atoms with Gasteiger partial charge in [0.05, 0.1) is 5.75 Å². The molecule has 40 heavy (non-hydrogen) atoms. The number of nitrogens with zero attached hydrogens (tertiary/aromatic N) is 4. The van der Waals surface area contributed by atoms with Crippen molar-refractivity contribution in [3.05, 3.63) is 89.5 Å². The van der Waals surface area contributed by atoms with Crippen LogP contribution >= 0.6 is 11.8 Å². The molecule has 0 bridgehead atoms. The van der Waals surface area contributed by atoms with Crippen molar-refractivity contribution >= 4 is 35.0 Å². The molecule has 210 valence electrons. The molecule has 1 N–H and O–H groups in total. The van der Waals surface area contributed by atoms with Crippen molar-refractivity contribution in [1.29, 1.82) is 0 Å². The number of anilines is 2. The van der Waals surface area contributed by atoms with Gasteiger partial charge in [0.1, 0.15) is 11.9 Å². The van der Waals surface area contributed by atoms with E-state index in [9.17, 15) is 14.0 Å². The van der Waals surface area contributed by atoms with Gasteiger partial charge >= 0.3 is 0 Å². The molecule has 0 radical (unpaired) electrons. The number of hydrogen-bond donors (Lipinski definition) is 1. The van der Waals surface area contributed by atoms with Crippen LogP contribution in [0.2, 0.25) is 0 Å². The van der Waals surface area contributed by atoms with Crippen LogP contribution in [0.3, 0.4) is 0 Å². The van der Waals surface area contributed by atoms with Crippen molar-refractivity contribution < 1.29 is 14.0 Å². The maximum absolute atomic E-state index is 14.0. The van der Waals surface area contributed by atoms with Crippen molar-refractivity contribution in [3.63, 3.8) is 0 Å². The largest absolute Gasteiger partial charge is 0.378 e. The molecular weight excluding hydrogens is 525 g/mol. The van der Waals surface area contributed by atoms with Crippen LogP contribution in [0.25, 0.3) is 0 Å². The molecule has 1 heterocycles. The quantitative estimate of drug-likeness (QED) is 0.192. The van der Waals surface area contributed by atoms with Crippen molar-refractivity contribution in [2.45, 2.75) is 50.9 Å². The Kier molecular flexibility index (Phi) is 9.93. The molecule has 2 aromatic carbocycles. The third-order valence-electron chi connectivity index (χ3n) is 6.88. The first kappa shape index (κ1) is 29.3. The number of hydrogen-bond acceptors (Lipinski definition) is 6. The third-order valence-corrected chi connectivity index (χ3v) is 7.72. The predicted octanol–water partition coefficient (Wildman–Crippen LogP) is 5.78. The lowest BCUT2D eigenvalue weighted by Crippen LogP contribution is -2.51. The highest BCUT2D eigenvalue weighted by Crippen LogP contribution is 2.29. The fourth-order valence-corrected chi connectivity index (χ4v) is 5.70. The second-order valence-corrected chi connectivity index (χ2v) is 11.2. The maximum atomic E-state index is 14.0. The van der Waals surface area contributed by atoms with Gasteiger partial charge in [-0.1, -0.05) is 36.0 Å². The zero-order valence-electron chi connectivity index (χ0n) is 23.4. The highest BCUT2D eigenvalue weighted by molar-refractivity contribution is 7.99. The van der Waals surface area contributed by atoms with E-state index in [2.05, 4.69) is 27.4 Å². The number of benzene rings is 2. The van der Waals surface area contributed by atoms with Gasteiger partial charge in [0.25, 0.3) is 0 Å². The number of aryl methyl sites for hydroxylation is 2. The first-order valence-corrected chi connectivity index (χ1v) is 14.4. The van der Waals surface area contributed by atoms with Gasteiger partial charge in [-0.15, -0.1) is 0 Å². The molecule has 0 aliphatic heterocycles. The first-order chi connectivity index (χ1) is 19.2. The van der Waals surface area contributed by atoms with Crippen LogP contribution in [0.15, 0.2) is 71.9 Å². The van der Waals surface area contributed by atoms with Gasteiger partial charge in [-0.25, -0.2) is 14.4 Å². The number of amides is 2. The van der Waals surface area contributed by atoms with Crippen LogP contribution in [-0.2, 0) is 16.1 Å². The van der Waals surface area contributed by atoms with Gasteiger partial charge in [-0.3, -0.25) is 9.59 Å². The molecule has 1 aromatic heterocycles. The molecule has 0 fully saturated rings. The lowest BCUT2D eigenvalue weighted by atomic mass is 9.86. The first-order valence-electron chi connectivity index (χ1n) is 13.4. The fraction of sp³-hybridized carbons (Fsp3) is 0.355. The summed E-state index contributed by atoms with van der Waals surface area (Å²) in [6.07, 6.45) is 6.52. The maximum Gasteiger partial charge on any atom is 0.247 e. The number of thioether (sulfide) groups is 1. The molecule has 7 nitrogen and oxygen atoms in total. The lowest BCUT2D eigenvalue weighted by molar-refractivity contribution is -0.139. The van der Waals surface area contributed by atoms with Crippen molar-refractivity contribution in [2.75, 3.05) is 30.1 Å². The highest BCUT2D eigenvalue weighted by Gasteiger charge is 2.36. The SMILES string of the molecule is Cc1cc(C)nc(SCC(=O)N(Cc2ccc(F)cc2)[C@H](C(=O)Nc2ccc(N(C)C)cc2)[C@H]2CC=CCC2)n1. The molecule has 1 aliphatic rings. The average molecular weight is 562 g/mol. The van der Waals surface area contributed by atoms with Crippen molar-refractivity contribution in [2.24, 2.45) is 5.92 Å². The summed E-state index contributed by atoms with van der Waals surface area (Å²) in [6.45, 7) is 3.97. The van der Waals surface area contributed by atoms with Crippen molar-refractivity contribution in [3.8, 4) is 0 Å². The molecule has 4 rings (SSSR count). The zero-order chi connectivity index (χ0) is 28.6. The van der Waals surface area contributed by atoms with Crippen LogP contribution in [0, 0.1) is 25.6 Å². The minimum atomic E-state index is -0.711. The normalized spacial score (nSPS) is 15.4. The Balaban J connectivity index is 1.63. The summed E-state index contributed by atoms with van der Waals surface area (Å²) in [5.74, 6) is -0.765.